The van der Waals surface area contributed by atoms with E-state index in [4.69, 9.17) is 15.3 Å². The number of nitrogens with zero attached hydrogens (tertiary/aromatic N) is 1. The quantitative estimate of drug-likeness (QED) is 0.251. The number of benzene rings is 2. The van der Waals surface area contributed by atoms with E-state index in [1.807, 2.05) is 41.8 Å². The summed E-state index contributed by atoms with van der Waals surface area (Å²) in [6.07, 6.45) is 0.246. The lowest BCUT2D eigenvalue weighted by atomic mass is 10.1. The van der Waals surface area contributed by atoms with E-state index >= 15 is 0 Å². The van der Waals surface area contributed by atoms with Gasteiger partial charge in [0, 0.05) is 12.0 Å². The lowest BCUT2D eigenvalue weighted by molar-refractivity contribution is -0.145. The number of carbonyl (C=O) groups is 2. The van der Waals surface area contributed by atoms with Crippen molar-refractivity contribution in [3.63, 3.8) is 0 Å². The number of amidine groups is 1. The van der Waals surface area contributed by atoms with E-state index in [1.165, 1.54) is 11.3 Å². The molecule has 3 rings (SSSR count). The number of hydrogen-bond donors (Lipinski definition) is 2. The van der Waals surface area contributed by atoms with Gasteiger partial charge in [-0.15, -0.1) is 11.3 Å². The van der Waals surface area contributed by atoms with E-state index in [9.17, 15) is 9.59 Å². The number of methoxy groups -OCH3 is 1. The zero-order valence-corrected chi connectivity index (χ0v) is 17.1. The molecule has 0 spiro atoms. The average Bonchev–Trinajstić information content (AvgIpc) is 3.32. The Morgan fingerprint density at radius 2 is 1.80 bits per heavy atom. The smallest absolute Gasteiger partial charge is 0.357 e. The normalized spacial score (nSPS) is 12.1. The van der Waals surface area contributed by atoms with Gasteiger partial charge in [-0.3, -0.25) is 4.79 Å². The third-order valence-corrected chi connectivity index (χ3v) is 5.12. The summed E-state index contributed by atoms with van der Waals surface area (Å²) in [6, 6.07) is 18.5. The van der Waals surface area contributed by atoms with Crippen molar-refractivity contribution in [1.82, 2.24) is 5.32 Å². The molecule has 0 saturated carbocycles. The maximum atomic E-state index is 12.7. The second kappa shape index (κ2) is 10.2. The lowest BCUT2D eigenvalue weighted by Gasteiger charge is -2.16. The second-order valence-corrected chi connectivity index (χ2v) is 7.26. The molecule has 1 heterocycles. The Balaban J connectivity index is 1.74. The third-order valence-electron chi connectivity index (χ3n) is 4.23. The number of nitrogens with one attached hydrogen (secondary N) is 1. The average molecular weight is 423 g/mol. The monoisotopic (exact) mass is 423 g/mol. The molecule has 7 nitrogen and oxygen atoms in total. The highest BCUT2D eigenvalue weighted by Crippen LogP contribution is 2.13. The molecule has 1 amide bonds. The molecule has 3 N–H and O–H groups in total. The van der Waals surface area contributed by atoms with Crippen LogP contribution in [0.4, 0.5) is 0 Å². The standard InChI is InChI=1S/C22H21N3O4S/c1-28-17-11-9-16(10-12-17)21(26)24-18(14-15-6-3-2-4-7-15)22(27)29-25-20(23)19-8-5-13-30-19/h2-13,18H,14H2,1H3,(H2,23,25)(H,24,26)/t18-/m1/s1. The Hall–Kier alpha value is -3.65. The van der Waals surface area contributed by atoms with Gasteiger partial charge in [-0.25, -0.2) is 4.79 Å². The Morgan fingerprint density at radius 1 is 1.07 bits per heavy atom. The first-order valence-electron chi connectivity index (χ1n) is 9.14. The van der Waals surface area contributed by atoms with Crippen LogP contribution in [0.2, 0.25) is 0 Å². The maximum Gasteiger partial charge on any atom is 0.357 e. The van der Waals surface area contributed by atoms with Gasteiger partial charge in [-0.05, 0) is 41.3 Å². The molecule has 0 bridgehead atoms. The molecule has 0 aliphatic carbocycles. The van der Waals surface area contributed by atoms with Crippen molar-refractivity contribution in [2.24, 2.45) is 10.9 Å². The van der Waals surface area contributed by atoms with Gasteiger partial charge in [0.2, 0.25) is 0 Å². The topological polar surface area (TPSA) is 103 Å². The van der Waals surface area contributed by atoms with Crippen LogP contribution in [-0.2, 0) is 16.1 Å². The third kappa shape index (κ3) is 5.68. The van der Waals surface area contributed by atoms with Crippen molar-refractivity contribution >= 4 is 29.0 Å². The predicted molar refractivity (Wildman–Crippen MR) is 116 cm³/mol. The van der Waals surface area contributed by atoms with Crippen molar-refractivity contribution < 1.29 is 19.2 Å². The van der Waals surface area contributed by atoms with Gasteiger partial charge in [0.25, 0.3) is 5.91 Å². The van der Waals surface area contributed by atoms with Crippen molar-refractivity contribution in [3.8, 4) is 5.75 Å². The van der Waals surface area contributed by atoms with Crippen LogP contribution in [0, 0.1) is 0 Å². The fraction of sp³-hybridized carbons (Fsp3) is 0.136. The number of rotatable bonds is 8. The van der Waals surface area contributed by atoms with Crippen molar-refractivity contribution in [2.45, 2.75) is 12.5 Å². The molecule has 2 aromatic carbocycles. The van der Waals surface area contributed by atoms with Crippen LogP contribution in [0.3, 0.4) is 0 Å². The number of amides is 1. The van der Waals surface area contributed by atoms with Crippen LogP contribution >= 0.6 is 11.3 Å². The predicted octanol–water partition coefficient (Wildman–Crippen LogP) is 2.96. The van der Waals surface area contributed by atoms with E-state index in [2.05, 4.69) is 10.5 Å². The molecule has 1 aromatic heterocycles. The molecule has 3 aromatic rings. The van der Waals surface area contributed by atoms with Gasteiger partial charge in [0.05, 0.1) is 12.0 Å². The molecule has 30 heavy (non-hydrogen) atoms. The zero-order valence-electron chi connectivity index (χ0n) is 16.3. The highest BCUT2D eigenvalue weighted by molar-refractivity contribution is 7.12. The lowest BCUT2D eigenvalue weighted by Crippen LogP contribution is -2.43. The summed E-state index contributed by atoms with van der Waals surface area (Å²) in [6.45, 7) is 0. The Morgan fingerprint density at radius 3 is 2.43 bits per heavy atom. The van der Waals surface area contributed by atoms with Crippen LogP contribution in [0.15, 0.2) is 77.3 Å². The first kappa shape index (κ1) is 21.1. The highest BCUT2D eigenvalue weighted by atomic mass is 32.1. The van der Waals surface area contributed by atoms with Gasteiger partial charge in [0.15, 0.2) is 5.84 Å². The molecule has 1 atom stereocenters. The van der Waals surface area contributed by atoms with Crippen molar-refractivity contribution in [1.29, 1.82) is 0 Å². The molecule has 0 aliphatic heterocycles. The van der Waals surface area contributed by atoms with Gasteiger partial charge in [-0.1, -0.05) is 41.6 Å². The SMILES string of the molecule is COc1ccc(C(=O)N[C@H](Cc2ccccc2)C(=O)O/N=C(/N)c2cccs2)cc1. The molecule has 8 heteroatoms. The fourth-order valence-corrected chi connectivity index (χ4v) is 3.27. The number of carbonyl (C=O) groups excluding carboxylic acids is 2. The summed E-state index contributed by atoms with van der Waals surface area (Å²) in [5, 5.41) is 8.28. The van der Waals surface area contributed by atoms with Crippen molar-refractivity contribution in [3.05, 3.63) is 88.1 Å². The number of oxime groups is 1. The van der Waals surface area contributed by atoms with Gasteiger partial charge >= 0.3 is 5.97 Å². The van der Waals surface area contributed by atoms with Crippen LogP contribution in [0.25, 0.3) is 0 Å². The summed E-state index contributed by atoms with van der Waals surface area (Å²) in [5.74, 6) is -0.394. The molecule has 0 saturated heterocycles. The largest absolute Gasteiger partial charge is 0.497 e. The Bertz CT molecular complexity index is 1000. The minimum absolute atomic E-state index is 0.0956. The number of ether oxygens (including phenoxy) is 1. The maximum absolute atomic E-state index is 12.7. The summed E-state index contributed by atoms with van der Waals surface area (Å²) >= 11 is 1.38. The summed E-state index contributed by atoms with van der Waals surface area (Å²) in [5.41, 5.74) is 7.10. The molecular weight excluding hydrogens is 402 g/mol. The minimum Gasteiger partial charge on any atom is -0.497 e. The van der Waals surface area contributed by atoms with E-state index in [0.717, 1.165) is 5.56 Å². The first-order valence-corrected chi connectivity index (χ1v) is 10.0. The molecular formula is C22H21N3O4S. The second-order valence-electron chi connectivity index (χ2n) is 6.31. The van der Waals surface area contributed by atoms with E-state index < -0.39 is 17.9 Å². The van der Waals surface area contributed by atoms with Crippen LogP contribution in [0.1, 0.15) is 20.8 Å². The molecule has 0 aliphatic rings. The van der Waals surface area contributed by atoms with E-state index in [-0.39, 0.29) is 12.3 Å². The molecule has 0 unspecified atom stereocenters. The van der Waals surface area contributed by atoms with Gasteiger partial charge < -0.3 is 20.6 Å². The Kier molecular flexibility index (Phi) is 7.18. The summed E-state index contributed by atoms with van der Waals surface area (Å²) in [7, 11) is 1.55. The fourth-order valence-electron chi connectivity index (χ4n) is 2.65. The highest BCUT2D eigenvalue weighted by Gasteiger charge is 2.24. The molecule has 154 valence electrons. The number of hydrogen-bond acceptors (Lipinski definition) is 6. The van der Waals surface area contributed by atoms with Gasteiger partial charge in [0.1, 0.15) is 11.8 Å². The minimum atomic E-state index is -0.943. The number of thiophene rings is 1. The summed E-state index contributed by atoms with van der Waals surface area (Å²) < 4.78 is 5.10. The van der Waals surface area contributed by atoms with E-state index in [1.54, 1.807) is 37.4 Å². The zero-order chi connectivity index (χ0) is 21.3. The molecule has 0 radical (unpaired) electrons. The molecule has 0 fully saturated rings. The van der Waals surface area contributed by atoms with Crippen LogP contribution in [0.5, 0.6) is 5.75 Å². The van der Waals surface area contributed by atoms with Crippen LogP contribution in [-0.4, -0.2) is 30.9 Å². The van der Waals surface area contributed by atoms with E-state index in [0.29, 0.717) is 16.2 Å². The van der Waals surface area contributed by atoms with Crippen molar-refractivity contribution in [2.75, 3.05) is 7.11 Å². The summed E-state index contributed by atoms with van der Waals surface area (Å²) in [4.78, 5) is 31.0. The first-order chi connectivity index (χ1) is 14.6. The number of nitrogens with two attached hydrogens (primary N) is 1. The Labute approximate surface area is 178 Å². The van der Waals surface area contributed by atoms with Crippen LogP contribution < -0.4 is 15.8 Å². The van der Waals surface area contributed by atoms with Gasteiger partial charge in [-0.2, -0.15) is 0 Å².